The molecule has 0 saturated carbocycles. The van der Waals surface area contributed by atoms with E-state index in [9.17, 15) is 5.11 Å². The Bertz CT molecular complexity index is 500. The lowest BCUT2D eigenvalue weighted by Gasteiger charge is -2.08. The summed E-state index contributed by atoms with van der Waals surface area (Å²) in [6, 6.07) is 5.76. The van der Waals surface area contributed by atoms with E-state index in [2.05, 4.69) is 24.6 Å². The molecule has 0 aliphatic rings. The Morgan fingerprint density at radius 1 is 1.31 bits per heavy atom. The molecule has 2 rings (SSSR count). The molecule has 0 fully saturated rings. The van der Waals surface area contributed by atoms with Crippen LogP contribution in [-0.2, 0) is 6.42 Å². The standard InChI is InChI=1S/C13H17NO2/c1-9(2)14-8-10(5-6-15)12-7-11(16)3-4-13(12)14/h3-4,7-9,15-16H,5-6H2,1-2H3. The first kappa shape index (κ1) is 11.0. The largest absolute Gasteiger partial charge is 0.508 e. The van der Waals surface area contributed by atoms with Gasteiger partial charge in [-0.1, -0.05) is 0 Å². The Hall–Kier alpha value is -1.48. The van der Waals surface area contributed by atoms with Crippen LogP contribution in [0.3, 0.4) is 0 Å². The lowest BCUT2D eigenvalue weighted by molar-refractivity contribution is 0.300. The molecule has 0 atom stereocenters. The van der Waals surface area contributed by atoms with Gasteiger partial charge in [-0.05, 0) is 44.0 Å². The van der Waals surface area contributed by atoms with Crippen LogP contribution < -0.4 is 0 Å². The number of aliphatic hydroxyl groups excluding tert-OH is 1. The first-order chi connectivity index (χ1) is 7.63. The lowest BCUT2D eigenvalue weighted by atomic mass is 10.1. The molecular weight excluding hydrogens is 202 g/mol. The van der Waals surface area contributed by atoms with Crippen LogP contribution in [0.25, 0.3) is 10.9 Å². The van der Waals surface area contributed by atoms with Crippen molar-refractivity contribution in [1.29, 1.82) is 0 Å². The van der Waals surface area contributed by atoms with Gasteiger partial charge in [0.15, 0.2) is 0 Å². The predicted octanol–water partition coefficient (Wildman–Crippen LogP) is 2.46. The Balaban J connectivity index is 2.66. The summed E-state index contributed by atoms with van der Waals surface area (Å²) >= 11 is 0. The number of benzene rings is 1. The Morgan fingerprint density at radius 3 is 2.69 bits per heavy atom. The molecule has 0 amide bonds. The summed E-state index contributed by atoms with van der Waals surface area (Å²) in [5.74, 6) is 0.271. The molecule has 3 heteroatoms. The molecule has 3 nitrogen and oxygen atoms in total. The maximum Gasteiger partial charge on any atom is 0.116 e. The van der Waals surface area contributed by atoms with Gasteiger partial charge < -0.3 is 14.8 Å². The van der Waals surface area contributed by atoms with Gasteiger partial charge in [-0.25, -0.2) is 0 Å². The number of aromatic hydroxyl groups is 1. The van der Waals surface area contributed by atoms with Crippen LogP contribution in [-0.4, -0.2) is 21.4 Å². The van der Waals surface area contributed by atoms with Crippen LogP contribution in [0.4, 0.5) is 0 Å². The van der Waals surface area contributed by atoms with Crippen LogP contribution in [0.1, 0.15) is 25.5 Å². The van der Waals surface area contributed by atoms with Crippen molar-refractivity contribution in [2.24, 2.45) is 0 Å². The number of phenols is 1. The van der Waals surface area contributed by atoms with Gasteiger partial charge in [0.1, 0.15) is 5.75 Å². The van der Waals surface area contributed by atoms with Gasteiger partial charge in [0.2, 0.25) is 0 Å². The summed E-state index contributed by atoms with van der Waals surface area (Å²) < 4.78 is 2.17. The first-order valence-electron chi connectivity index (χ1n) is 5.56. The molecule has 0 radical (unpaired) electrons. The number of hydrogen-bond acceptors (Lipinski definition) is 2. The van der Waals surface area contributed by atoms with Crippen LogP contribution >= 0.6 is 0 Å². The van der Waals surface area contributed by atoms with Gasteiger partial charge >= 0.3 is 0 Å². The minimum Gasteiger partial charge on any atom is -0.508 e. The van der Waals surface area contributed by atoms with Gasteiger partial charge in [0.05, 0.1) is 0 Å². The van der Waals surface area contributed by atoms with Crippen LogP contribution in [0.15, 0.2) is 24.4 Å². The van der Waals surface area contributed by atoms with Crippen LogP contribution in [0, 0.1) is 0 Å². The monoisotopic (exact) mass is 219 g/mol. The van der Waals surface area contributed by atoms with Crippen molar-refractivity contribution < 1.29 is 10.2 Å². The van der Waals surface area contributed by atoms with E-state index < -0.39 is 0 Å². The highest BCUT2D eigenvalue weighted by molar-refractivity contribution is 5.85. The molecule has 0 saturated heterocycles. The fraction of sp³-hybridized carbons (Fsp3) is 0.385. The molecule has 2 N–H and O–H groups in total. The second kappa shape index (κ2) is 4.18. The van der Waals surface area contributed by atoms with Crippen molar-refractivity contribution in [3.05, 3.63) is 30.0 Å². The predicted molar refractivity (Wildman–Crippen MR) is 64.8 cm³/mol. The molecule has 0 aliphatic heterocycles. The number of nitrogens with zero attached hydrogens (tertiary/aromatic N) is 1. The van der Waals surface area contributed by atoms with Crippen LogP contribution in [0.2, 0.25) is 0 Å². The number of fused-ring (bicyclic) bond motifs is 1. The molecule has 2 aromatic rings. The molecule has 0 spiro atoms. The third-order valence-corrected chi connectivity index (χ3v) is 2.84. The second-order valence-corrected chi connectivity index (χ2v) is 4.33. The van der Waals surface area contributed by atoms with Gasteiger partial charge in [0, 0.05) is 29.7 Å². The number of phenolic OH excluding ortho intramolecular Hbond substituents is 1. The number of aromatic nitrogens is 1. The van der Waals surface area contributed by atoms with Gasteiger partial charge in [-0.2, -0.15) is 0 Å². The fourth-order valence-corrected chi connectivity index (χ4v) is 2.06. The zero-order valence-corrected chi connectivity index (χ0v) is 9.64. The molecule has 0 unspecified atom stereocenters. The van der Waals surface area contributed by atoms with Crippen molar-refractivity contribution >= 4 is 10.9 Å². The topological polar surface area (TPSA) is 45.4 Å². The number of aliphatic hydroxyl groups is 1. The average Bonchev–Trinajstić information content (AvgIpc) is 2.58. The van der Waals surface area contributed by atoms with Gasteiger partial charge in [-0.3, -0.25) is 0 Å². The highest BCUT2D eigenvalue weighted by atomic mass is 16.3. The van der Waals surface area contributed by atoms with E-state index >= 15 is 0 Å². The molecule has 1 heterocycles. The van der Waals surface area contributed by atoms with Crippen molar-refractivity contribution in [3.63, 3.8) is 0 Å². The number of hydrogen-bond donors (Lipinski definition) is 2. The van der Waals surface area contributed by atoms with E-state index in [1.165, 1.54) is 0 Å². The molecule has 16 heavy (non-hydrogen) atoms. The molecule has 0 aliphatic carbocycles. The van der Waals surface area contributed by atoms with E-state index in [4.69, 9.17) is 5.11 Å². The summed E-state index contributed by atoms with van der Waals surface area (Å²) in [6.45, 7) is 4.37. The van der Waals surface area contributed by atoms with Gasteiger partial charge in [-0.15, -0.1) is 0 Å². The summed E-state index contributed by atoms with van der Waals surface area (Å²) in [5.41, 5.74) is 2.19. The first-order valence-corrected chi connectivity index (χ1v) is 5.56. The molecule has 1 aromatic carbocycles. The fourth-order valence-electron chi connectivity index (χ4n) is 2.06. The van der Waals surface area contributed by atoms with E-state index in [-0.39, 0.29) is 12.4 Å². The van der Waals surface area contributed by atoms with Crippen LogP contribution in [0.5, 0.6) is 5.75 Å². The quantitative estimate of drug-likeness (QED) is 0.833. The summed E-state index contributed by atoms with van der Waals surface area (Å²) in [5, 5.41) is 19.6. The molecule has 0 bridgehead atoms. The van der Waals surface area contributed by atoms with Crippen molar-refractivity contribution in [2.45, 2.75) is 26.3 Å². The SMILES string of the molecule is CC(C)n1cc(CCO)c2cc(O)ccc21. The normalized spacial score (nSPS) is 11.5. The maximum absolute atomic E-state index is 9.50. The van der Waals surface area contributed by atoms with E-state index in [1.54, 1.807) is 12.1 Å². The third kappa shape index (κ3) is 1.78. The highest BCUT2D eigenvalue weighted by Crippen LogP contribution is 2.28. The van der Waals surface area contributed by atoms with Gasteiger partial charge in [0.25, 0.3) is 0 Å². The van der Waals surface area contributed by atoms with Crippen molar-refractivity contribution in [3.8, 4) is 5.75 Å². The summed E-state index contributed by atoms with van der Waals surface area (Å²) in [7, 11) is 0. The second-order valence-electron chi connectivity index (χ2n) is 4.33. The zero-order chi connectivity index (χ0) is 11.7. The summed E-state index contributed by atoms with van der Waals surface area (Å²) in [4.78, 5) is 0. The van der Waals surface area contributed by atoms with Crippen molar-refractivity contribution in [1.82, 2.24) is 4.57 Å². The minimum absolute atomic E-state index is 0.132. The average molecular weight is 219 g/mol. The molecule has 1 aromatic heterocycles. The smallest absolute Gasteiger partial charge is 0.116 e. The Labute approximate surface area is 94.9 Å². The third-order valence-electron chi connectivity index (χ3n) is 2.84. The van der Waals surface area contributed by atoms with E-state index in [0.29, 0.717) is 12.5 Å². The van der Waals surface area contributed by atoms with Crippen molar-refractivity contribution in [2.75, 3.05) is 6.61 Å². The number of rotatable bonds is 3. The van der Waals surface area contributed by atoms with E-state index in [1.807, 2.05) is 6.07 Å². The molecule has 86 valence electrons. The minimum atomic E-state index is 0.132. The lowest BCUT2D eigenvalue weighted by Crippen LogP contribution is -1.98. The highest BCUT2D eigenvalue weighted by Gasteiger charge is 2.10. The summed E-state index contributed by atoms with van der Waals surface area (Å²) in [6.07, 6.45) is 2.69. The Morgan fingerprint density at radius 2 is 2.06 bits per heavy atom. The maximum atomic E-state index is 9.50. The van der Waals surface area contributed by atoms with E-state index in [0.717, 1.165) is 16.5 Å². The zero-order valence-electron chi connectivity index (χ0n) is 9.64. The molecular formula is C13H17NO2. The Kier molecular flexibility index (Phi) is 2.88.